The van der Waals surface area contributed by atoms with E-state index in [1.807, 2.05) is 12.1 Å². The van der Waals surface area contributed by atoms with Crippen molar-refractivity contribution in [2.75, 3.05) is 6.61 Å². The van der Waals surface area contributed by atoms with E-state index in [9.17, 15) is 0 Å². The molecule has 142 valence electrons. The number of rotatable bonds is 9. The Bertz CT molecular complexity index is 926. The van der Waals surface area contributed by atoms with Gasteiger partial charge in [-0.2, -0.15) is 4.99 Å². The van der Waals surface area contributed by atoms with E-state index >= 15 is 0 Å². The Kier molecular flexibility index (Phi) is 7.54. The van der Waals surface area contributed by atoms with Crippen LogP contribution in [0.4, 0.5) is 5.69 Å². The van der Waals surface area contributed by atoms with Crippen LogP contribution >= 0.6 is 12.2 Å². The molecule has 0 unspecified atom stereocenters. The molecule has 0 saturated carbocycles. The molecule has 0 aromatic heterocycles. The van der Waals surface area contributed by atoms with E-state index in [2.05, 4.69) is 90.0 Å². The van der Waals surface area contributed by atoms with Crippen molar-refractivity contribution in [2.24, 2.45) is 4.99 Å². The van der Waals surface area contributed by atoms with Crippen molar-refractivity contribution < 1.29 is 4.74 Å². The van der Waals surface area contributed by atoms with Gasteiger partial charge in [-0.25, -0.2) is 0 Å². The van der Waals surface area contributed by atoms with Crippen molar-refractivity contribution in [1.29, 1.82) is 0 Å². The van der Waals surface area contributed by atoms with Crippen LogP contribution in [0.3, 0.4) is 0 Å². The highest BCUT2D eigenvalue weighted by Gasteiger charge is 2.06. The number of thiocarbonyl (C=S) groups is 1. The van der Waals surface area contributed by atoms with Gasteiger partial charge >= 0.3 is 0 Å². The van der Waals surface area contributed by atoms with Crippen LogP contribution in [0.2, 0.25) is 0 Å². The van der Waals surface area contributed by atoms with Gasteiger partial charge in [0.05, 0.1) is 17.5 Å². The van der Waals surface area contributed by atoms with E-state index in [4.69, 9.17) is 4.74 Å². The molecule has 28 heavy (non-hydrogen) atoms. The fourth-order valence-corrected chi connectivity index (χ4v) is 3.26. The standard InChI is InChI=1S/C25H25NOS/c1-2-3-18-27-24-16-9-20(10-17-24)8-11-21-6-4-5-7-25(21)22-12-14-23(15-13-22)26-19-28/h4-7,9-10,12-17H,2-3,8,11,18H2,1H3. The van der Waals surface area contributed by atoms with Crippen molar-refractivity contribution in [2.45, 2.75) is 32.6 Å². The first-order valence-electron chi connectivity index (χ1n) is 9.78. The Morgan fingerprint density at radius 2 is 1.64 bits per heavy atom. The summed E-state index contributed by atoms with van der Waals surface area (Å²) in [6, 6.07) is 25.2. The van der Waals surface area contributed by atoms with Gasteiger partial charge in [0.1, 0.15) is 5.75 Å². The van der Waals surface area contributed by atoms with Crippen LogP contribution in [-0.2, 0) is 12.8 Å². The molecule has 2 nitrogen and oxygen atoms in total. The van der Waals surface area contributed by atoms with Crippen LogP contribution in [0.5, 0.6) is 5.75 Å². The van der Waals surface area contributed by atoms with Gasteiger partial charge in [-0.1, -0.05) is 61.9 Å². The number of aliphatic imine (C=N–C) groups is 1. The molecule has 3 rings (SSSR count). The SMILES string of the molecule is CCCCOc1ccc(CCc2ccccc2-c2ccc(N=C=S)cc2)cc1. The van der Waals surface area contributed by atoms with E-state index in [-0.39, 0.29) is 0 Å². The molecule has 0 fully saturated rings. The zero-order valence-corrected chi connectivity index (χ0v) is 17.0. The van der Waals surface area contributed by atoms with Crippen LogP contribution in [0, 0.1) is 0 Å². The van der Waals surface area contributed by atoms with Gasteiger partial charge in [0.15, 0.2) is 0 Å². The molecular weight excluding hydrogens is 362 g/mol. The van der Waals surface area contributed by atoms with Gasteiger partial charge in [0.2, 0.25) is 0 Å². The maximum Gasteiger partial charge on any atom is 0.119 e. The number of ether oxygens (including phenoxy) is 1. The number of unbranched alkanes of at least 4 members (excludes halogenated alkanes) is 1. The monoisotopic (exact) mass is 387 g/mol. The minimum absolute atomic E-state index is 0.789. The first-order valence-corrected chi connectivity index (χ1v) is 10.2. The third kappa shape index (κ3) is 5.63. The normalized spacial score (nSPS) is 10.3. The smallest absolute Gasteiger partial charge is 0.119 e. The Morgan fingerprint density at radius 1 is 0.893 bits per heavy atom. The molecule has 0 spiro atoms. The summed E-state index contributed by atoms with van der Waals surface area (Å²) in [4.78, 5) is 4.02. The summed E-state index contributed by atoms with van der Waals surface area (Å²) in [5.41, 5.74) is 5.95. The summed E-state index contributed by atoms with van der Waals surface area (Å²) in [5, 5.41) is 2.41. The maximum absolute atomic E-state index is 5.75. The van der Waals surface area contributed by atoms with Crippen molar-refractivity contribution >= 4 is 23.1 Å². The largest absolute Gasteiger partial charge is 0.494 e. The fourth-order valence-electron chi connectivity index (χ4n) is 3.15. The molecule has 0 aliphatic rings. The molecule has 0 amide bonds. The van der Waals surface area contributed by atoms with Gasteiger partial charge < -0.3 is 4.74 Å². The number of nitrogens with zero attached hydrogens (tertiary/aromatic N) is 1. The van der Waals surface area contributed by atoms with Gasteiger partial charge in [0, 0.05) is 0 Å². The zero-order chi connectivity index (χ0) is 19.6. The molecule has 0 atom stereocenters. The summed E-state index contributed by atoms with van der Waals surface area (Å²) >= 11 is 4.67. The minimum atomic E-state index is 0.789. The molecule has 0 radical (unpaired) electrons. The summed E-state index contributed by atoms with van der Waals surface area (Å²) in [6.45, 7) is 2.96. The Hall–Kier alpha value is -2.74. The van der Waals surface area contributed by atoms with Gasteiger partial charge in [-0.3, -0.25) is 0 Å². The highest BCUT2D eigenvalue weighted by Crippen LogP contribution is 2.27. The van der Waals surface area contributed by atoms with Crippen LogP contribution in [0.15, 0.2) is 77.8 Å². The second kappa shape index (κ2) is 10.6. The predicted molar refractivity (Wildman–Crippen MR) is 121 cm³/mol. The Morgan fingerprint density at radius 3 is 2.36 bits per heavy atom. The average Bonchev–Trinajstić information content (AvgIpc) is 2.74. The number of aryl methyl sites for hydroxylation is 2. The third-order valence-electron chi connectivity index (χ3n) is 4.74. The highest BCUT2D eigenvalue weighted by molar-refractivity contribution is 7.78. The lowest BCUT2D eigenvalue weighted by Crippen LogP contribution is -1.97. The first-order chi connectivity index (χ1) is 13.8. The molecule has 0 aliphatic carbocycles. The molecule has 0 heterocycles. The van der Waals surface area contributed by atoms with Gasteiger partial charge in [-0.15, -0.1) is 0 Å². The van der Waals surface area contributed by atoms with Crippen LogP contribution in [0.1, 0.15) is 30.9 Å². The van der Waals surface area contributed by atoms with Crippen molar-refractivity contribution in [3.8, 4) is 16.9 Å². The Balaban J connectivity index is 1.67. The number of hydrogen-bond donors (Lipinski definition) is 0. The second-order valence-electron chi connectivity index (χ2n) is 6.75. The molecule has 0 N–H and O–H groups in total. The quantitative estimate of drug-likeness (QED) is 0.223. The Labute approximate surface area is 172 Å². The summed E-state index contributed by atoms with van der Waals surface area (Å²) < 4.78 is 5.75. The summed E-state index contributed by atoms with van der Waals surface area (Å²) in [7, 11) is 0. The number of hydrogen-bond acceptors (Lipinski definition) is 3. The maximum atomic E-state index is 5.75. The minimum Gasteiger partial charge on any atom is -0.494 e. The molecule has 0 aliphatic heterocycles. The van der Waals surface area contributed by atoms with Gasteiger partial charge in [0.25, 0.3) is 0 Å². The highest BCUT2D eigenvalue weighted by atomic mass is 32.1. The zero-order valence-electron chi connectivity index (χ0n) is 16.2. The van der Waals surface area contributed by atoms with E-state index < -0.39 is 0 Å². The third-order valence-corrected chi connectivity index (χ3v) is 4.83. The topological polar surface area (TPSA) is 21.6 Å². The van der Waals surface area contributed by atoms with Crippen LogP contribution in [0.25, 0.3) is 11.1 Å². The fraction of sp³-hybridized carbons (Fsp3) is 0.240. The molecule has 3 heteroatoms. The van der Waals surface area contributed by atoms with E-state index in [0.717, 1.165) is 43.7 Å². The predicted octanol–water partition coefficient (Wildman–Crippen LogP) is 7.05. The lowest BCUT2D eigenvalue weighted by Gasteiger charge is -2.11. The molecule has 3 aromatic rings. The van der Waals surface area contributed by atoms with Crippen molar-refractivity contribution in [1.82, 2.24) is 0 Å². The molecule has 3 aromatic carbocycles. The number of isothiocyanates is 1. The van der Waals surface area contributed by atoms with E-state index in [1.54, 1.807) is 0 Å². The van der Waals surface area contributed by atoms with Crippen LogP contribution < -0.4 is 4.74 Å². The lowest BCUT2D eigenvalue weighted by atomic mass is 9.95. The van der Waals surface area contributed by atoms with Crippen molar-refractivity contribution in [3.05, 3.63) is 83.9 Å². The molecule has 0 bridgehead atoms. The average molecular weight is 388 g/mol. The van der Waals surface area contributed by atoms with E-state index in [0.29, 0.717) is 0 Å². The van der Waals surface area contributed by atoms with Gasteiger partial charge in [-0.05, 0) is 78.0 Å². The summed E-state index contributed by atoms with van der Waals surface area (Å²) in [6.07, 6.45) is 4.24. The lowest BCUT2D eigenvalue weighted by molar-refractivity contribution is 0.309. The van der Waals surface area contributed by atoms with E-state index in [1.165, 1.54) is 22.3 Å². The molecular formula is C25H25NOS. The number of benzene rings is 3. The van der Waals surface area contributed by atoms with Crippen molar-refractivity contribution in [3.63, 3.8) is 0 Å². The summed E-state index contributed by atoms with van der Waals surface area (Å²) in [5.74, 6) is 0.955. The molecule has 0 saturated heterocycles. The van der Waals surface area contributed by atoms with Crippen LogP contribution in [-0.4, -0.2) is 11.8 Å². The first kappa shape index (κ1) is 20.0. The second-order valence-corrected chi connectivity index (χ2v) is 6.94.